The van der Waals surface area contributed by atoms with Gasteiger partial charge in [-0.05, 0) is 53.8 Å². The molecule has 0 bridgehead atoms. The third kappa shape index (κ3) is 5.92. The summed E-state index contributed by atoms with van der Waals surface area (Å²) < 4.78 is 28.7. The van der Waals surface area contributed by atoms with Gasteiger partial charge in [0.2, 0.25) is 10.0 Å². The molecular formula is C23H22ClNO4S. The van der Waals surface area contributed by atoms with E-state index in [4.69, 9.17) is 16.7 Å². The van der Waals surface area contributed by atoms with Crippen molar-refractivity contribution in [3.63, 3.8) is 0 Å². The molecule has 0 saturated heterocycles. The summed E-state index contributed by atoms with van der Waals surface area (Å²) in [6.07, 6.45) is 1.33. The monoisotopic (exact) mass is 443 g/mol. The molecule has 7 heteroatoms. The Balaban J connectivity index is 1.86. The number of rotatable bonds is 9. The molecule has 0 aliphatic rings. The van der Waals surface area contributed by atoms with Gasteiger partial charge in [-0.2, -0.15) is 4.72 Å². The Morgan fingerprint density at radius 1 is 0.900 bits per heavy atom. The SMILES string of the molecule is O=C(O)CCCc1ccc(C(NS(=O)(=O)c2ccc(Cl)cc2)c2ccccc2)cc1. The van der Waals surface area contributed by atoms with Gasteiger partial charge < -0.3 is 5.11 Å². The van der Waals surface area contributed by atoms with Crippen molar-refractivity contribution < 1.29 is 18.3 Å². The van der Waals surface area contributed by atoms with Crippen LogP contribution in [0.2, 0.25) is 5.02 Å². The van der Waals surface area contributed by atoms with Crippen molar-refractivity contribution in [1.82, 2.24) is 4.72 Å². The lowest BCUT2D eigenvalue weighted by atomic mass is 9.97. The summed E-state index contributed by atoms with van der Waals surface area (Å²) in [4.78, 5) is 10.8. The van der Waals surface area contributed by atoms with E-state index in [9.17, 15) is 13.2 Å². The zero-order valence-corrected chi connectivity index (χ0v) is 17.7. The highest BCUT2D eigenvalue weighted by molar-refractivity contribution is 7.89. The smallest absolute Gasteiger partial charge is 0.303 e. The van der Waals surface area contributed by atoms with E-state index in [2.05, 4.69) is 4.72 Å². The fraction of sp³-hybridized carbons (Fsp3) is 0.174. The maximum atomic E-state index is 13.0. The van der Waals surface area contributed by atoms with Crippen LogP contribution in [-0.4, -0.2) is 19.5 Å². The number of benzene rings is 3. The third-order valence-electron chi connectivity index (χ3n) is 4.70. The van der Waals surface area contributed by atoms with Crippen molar-refractivity contribution in [1.29, 1.82) is 0 Å². The van der Waals surface area contributed by atoms with Crippen LogP contribution >= 0.6 is 11.6 Å². The minimum absolute atomic E-state index is 0.120. The highest BCUT2D eigenvalue weighted by atomic mass is 35.5. The van der Waals surface area contributed by atoms with Crippen LogP contribution in [0, 0.1) is 0 Å². The molecule has 156 valence electrons. The summed E-state index contributed by atoms with van der Waals surface area (Å²) >= 11 is 5.88. The molecule has 1 unspecified atom stereocenters. The van der Waals surface area contributed by atoms with Gasteiger partial charge in [0.1, 0.15) is 0 Å². The van der Waals surface area contributed by atoms with Gasteiger partial charge in [-0.3, -0.25) is 4.79 Å². The Morgan fingerprint density at radius 3 is 2.10 bits per heavy atom. The lowest BCUT2D eigenvalue weighted by molar-refractivity contribution is -0.137. The standard InChI is InChI=1S/C23H22ClNO4S/c24-20-13-15-21(16-14-20)30(28,29)25-23(18-6-2-1-3-7-18)19-11-9-17(10-12-19)5-4-8-22(26)27/h1-3,6-7,9-16,23,25H,4-5,8H2,(H,26,27). The number of aliphatic carboxylic acids is 1. The quantitative estimate of drug-likeness (QED) is 0.496. The molecule has 2 N–H and O–H groups in total. The molecule has 0 fully saturated rings. The van der Waals surface area contributed by atoms with Crippen molar-refractivity contribution in [2.45, 2.75) is 30.2 Å². The summed E-state index contributed by atoms with van der Waals surface area (Å²) in [5, 5.41) is 9.24. The van der Waals surface area contributed by atoms with E-state index in [1.807, 2.05) is 54.6 Å². The van der Waals surface area contributed by atoms with Crippen molar-refractivity contribution in [3.8, 4) is 0 Å². The number of hydrogen-bond donors (Lipinski definition) is 2. The molecule has 0 heterocycles. The van der Waals surface area contributed by atoms with Crippen LogP contribution in [0.4, 0.5) is 0 Å². The van der Waals surface area contributed by atoms with Crippen molar-refractivity contribution in [2.75, 3.05) is 0 Å². The van der Waals surface area contributed by atoms with E-state index in [0.717, 1.165) is 16.7 Å². The van der Waals surface area contributed by atoms with Crippen molar-refractivity contribution >= 4 is 27.6 Å². The average Bonchev–Trinajstić information content (AvgIpc) is 2.73. The van der Waals surface area contributed by atoms with Gasteiger partial charge in [-0.1, -0.05) is 66.2 Å². The van der Waals surface area contributed by atoms with Crippen LogP contribution in [-0.2, 0) is 21.2 Å². The van der Waals surface area contributed by atoms with Crippen LogP contribution in [0.3, 0.4) is 0 Å². The van der Waals surface area contributed by atoms with E-state index >= 15 is 0 Å². The topological polar surface area (TPSA) is 83.5 Å². The fourth-order valence-corrected chi connectivity index (χ4v) is 4.47. The largest absolute Gasteiger partial charge is 0.481 e. The van der Waals surface area contributed by atoms with E-state index in [1.54, 1.807) is 12.1 Å². The van der Waals surface area contributed by atoms with Gasteiger partial charge in [-0.25, -0.2) is 8.42 Å². The lowest BCUT2D eigenvalue weighted by Gasteiger charge is -2.20. The van der Waals surface area contributed by atoms with Crippen LogP contribution in [0.5, 0.6) is 0 Å². The average molecular weight is 444 g/mol. The fourth-order valence-electron chi connectivity index (χ4n) is 3.13. The Bertz CT molecular complexity index is 1080. The zero-order chi connectivity index (χ0) is 21.6. The lowest BCUT2D eigenvalue weighted by Crippen LogP contribution is -2.29. The molecule has 0 amide bonds. The van der Waals surface area contributed by atoms with Crippen LogP contribution < -0.4 is 4.72 Å². The first-order chi connectivity index (χ1) is 14.3. The number of hydrogen-bond acceptors (Lipinski definition) is 3. The Labute approximate surface area is 181 Å². The molecule has 30 heavy (non-hydrogen) atoms. The molecule has 1 atom stereocenters. The normalized spacial score (nSPS) is 12.4. The molecule has 0 aliphatic heterocycles. The second-order valence-corrected chi connectivity index (χ2v) is 9.06. The minimum Gasteiger partial charge on any atom is -0.481 e. The Kier molecular flexibility index (Phi) is 7.26. The number of aryl methyl sites for hydroxylation is 1. The van der Waals surface area contributed by atoms with E-state index < -0.39 is 22.0 Å². The molecule has 0 spiro atoms. The highest BCUT2D eigenvalue weighted by Crippen LogP contribution is 2.26. The van der Waals surface area contributed by atoms with E-state index in [1.165, 1.54) is 12.1 Å². The summed E-state index contributed by atoms with van der Waals surface area (Å²) in [6.45, 7) is 0. The first kappa shape index (κ1) is 22.0. The Morgan fingerprint density at radius 2 is 1.50 bits per heavy atom. The molecule has 0 saturated carbocycles. The van der Waals surface area contributed by atoms with Crippen LogP contribution in [0.15, 0.2) is 83.8 Å². The summed E-state index contributed by atoms with van der Waals surface area (Å²) in [7, 11) is -3.78. The second-order valence-electron chi connectivity index (χ2n) is 6.91. The third-order valence-corrected chi connectivity index (χ3v) is 6.39. The van der Waals surface area contributed by atoms with Gasteiger partial charge in [0, 0.05) is 11.4 Å². The van der Waals surface area contributed by atoms with E-state index in [-0.39, 0.29) is 11.3 Å². The van der Waals surface area contributed by atoms with Crippen molar-refractivity contribution in [2.24, 2.45) is 0 Å². The van der Waals surface area contributed by atoms with Gasteiger partial charge in [0.15, 0.2) is 0 Å². The van der Waals surface area contributed by atoms with Crippen LogP contribution in [0.1, 0.15) is 35.6 Å². The summed E-state index contributed by atoms with van der Waals surface area (Å²) in [5.74, 6) is -0.813. The van der Waals surface area contributed by atoms with Crippen molar-refractivity contribution in [3.05, 3.63) is 101 Å². The number of halogens is 1. The first-order valence-corrected chi connectivity index (χ1v) is 11.3. The molecule has 0 aliphatic carbocycles. The molecule has 0 aromatic heterocycles. The molecular weight excluding hydrogens is 422 g/mol. The second kappa shape index (κ2) is 9.89. The number of carboxylic acid groups (broad SMARTS) is 1. The zero-order valence-electron chi connectivity index (χ0n) is 16.2. The molecule has 0 radical (unpaired) electrons. The maximum Gasteiger partial charge on any atom is 0.303 e. The van der Waals surface area contributed by atoms with Gasteiger partial charge in [0.05, 0.1) is 10.9 Å². The molecule has 3 aromatic carbocycles. The molecule has 3 aromatic rings. The predicted octanol–water partition coefficient (Wildman–Crippen LogP) is 4.82. The minimum atomic E-state index is -3.78. The highest BCUT2D eigenvalue weighted by Gasteiger charge is 2.23. The number of nitrogens with one attached hydrogen (secondary N) is 1. The number of carbonyl (C=O) groups is 1. The number of carboxylic acids is 1. The van der Waals surface area contributed by atoms with Crippen LogP contribution in [0.25, 0.3) is 0 Å². The maximum absolute atomic E-state index is 13.0. The summed E-state index contributed by atoms with van der Waals surface area (Å²) in [5.41, 5.74) is 2.61. The first-order valence-electron chi connectivity index (χ1n) is 9.48. The molecule has 5 nitrogen and oxygen atoms in total. The number of sulfonamides is 1. The molecule has 3 rings (SSSR count). The Hall–Kier alpha value is -2.67. The van der Waals surface area contributed by atoms with Gasteiger partial charge in [0.25, 0.3) is 0 Å². The van der Waals surface area contributed by atoms with E-state index in [0.29, 0.717) is 17.9 Å². The van der Waals surface area contributed by atoms with Gasteiger partial charge >= 0.3 is 5.97 Å². The predicted molar refractivity (Wildman–Crippen MR) is 117 cm³/mol. The summed E-state index contributed by atoms with van der Waals surface area (Å²) in [6, 6.07) is 22.4. The van der Waals surface area contributed by atoms with Gasteiger partial charge in [-0.15, -0.1) is 0 Å².